The lowest BCUT2D eigenvalue weighted by molar-refractivity contribution is -0.174. The molecular formula is C12H24O8S2. The van der Waals surface area contributed by atoms with E-state index in [4.69, 9.17) is 10.2 Å². The second kappa shape index (κ2) is 9.02. The normalized spacial score (nSPS) is 26.7. The predicted molar refractivity (Wildman–Crippen MR) is 82.4 cm³/mol. The van der Waals surface area contributed by atoms with Crippen molar-refractivity contribution in [1.29, 1.82) is 0 Å². The Bertz CT molecular complexity index is 304. The Balaban J connectivity index is 3.03. The molecule has 0 aromatic rings. The number of thioether (sulfide) groups is 2. The summed E-state index contributed by atoms with van der Waals surface area (Å²) in [4.78, 5) is 0. The van der Waals surface area contributed by atoms with Crippen LogP contribution in [0.2, 0.25) is 0 Å². The molecule has 22 heavy (non-hydrogen) atoms. The second-order valence-electron chi connectivity index (χ2n) is 5.42. The molecule has 1 aliphatic heterocycles. The van der Waals surface area contributed by atoms with Gasteiger partial charge in [-0.15, -0.1) is 0 Å². The zero-order chi connectivity index (χ0) is 16.9. The Morgan fingerprint density at radius 2 is 1.09 bits per heavy atom. The van der Waals surface area contributed by atoms with Gasteiger partial charge < -0.3 is 40.9 Å². The van der Waals surface area contributed by atoms with Crippen LogP contribution in [0.4, 0.5) is 0 Å². The van der Waals surface area contributed by atoms with Crippen molar-refractivity contribution in [3.8, 4) is 0 Å². The van der Waals surface area contributed by atoms with Gasteiger partial charge in [0, 0.05) is 22.0 Å². The fourth-order valence-corrected chi connectivity index (χ4v) is 5.31. The van der Waals surface area contributed by atoms with E-state index in [1.54, 1.807) is 0 Å². The first kappa shape index (κ1) is 20.4. The van der Waals surface area contributed by atoms with Crippen molar-refractivity contribution in [3.05, 3.63) is 0 Å². The molecule has 1 heterocycles. The second-order valence-corrected chi connectivity index (χ2v) is 7.76. The van der Waals surface area contributed by atoms with Gasteiger partial charge in [0.15, 0.2) is 0 Å². The van der Waals surface area contributed by atoms with Crippen molar-refractivity contribution in [2.75, 3.05) is 29.8 Å². The molecule has 6 atom stereocenters. The highest BCUT2D eigenvalue weighted by Gasteiger charge is 2.52. The summed E-state index contributed by atoms with van der Waals surface area (Å²) >= 11 is 2.73. The largest absolute Gasteiger partial charge is 0.394 e. The number of hydrogen-bond acceptors (Lipinski definition) is 10. The molecule has 0 amide bonds. The summed E-state index contributed by atoms with van der Waals surface area (Å²) < 4.78 is 0. The van der Waals surface area contributed by atoms with Crippen molar-refractivity contribution in [1.82, 2.24) is 0 Å². The minimum absolute atomic E-state index is 0.173. The number of aliphatic hydroxyl groups is 8. The van der Waals surface area contributed by atoms with E-state index in [2.05, 4.69) is 0 Å². The Morgan fingerprint density at radius 3 is 1.41 bits per heavy atom. The third-order valence-corrected chi connectivity index (χ3v) is 6.71. The highest BCUT2D eigenvalue weighted by Crippen LogP contribution is 2.43. The summed E-state index contributed by atoms with van der Waals surface area (Å²) in [5.41, 5.74) is -1.40. The zero-order valence-electron chi connectivity index (χ0n) is 11.9. The van der Waals surface area contributed by atoms with Crippen LogP contribution in [0.1, 0.15) is 0 Å². The van der Waals surface area contributed by atoms with Crippen molar-refractivity contribution in [2.24, 2.45) is 5.41 Å². The van der Waals surface area contributed by atoms with Gasteiger partial charge in [0.05, 0.1) is 25.4 Å². The van der Waals surface area contributed by atoms with Gasteiger partial charge in [0.25, 0.3) is 0 Å². The topological polar surface area (TPSA) is 162 Å². The van der Waals surface area contributed by atoms with Gasteiger partial charge in [-0.1, -0.05) is 0 Å². The molecule has 1 saturated heterocycles. The highest BCUT2D eigenvalue weighted by atomic mass is 32.2. The van der Waals surface area contributed by atoms with Gasteiger partial charge in [-0.25, -0.2) is 0 Å². The summed E-state index contributed by atoms with van der Waals surface area (Å²) in [5, 5.41) is 78.2. The van der Waals surface area contributed by atoms with Crippen molar-refractivity contribution in [2.45, 2.75) is 36.6 Å². The molecule has 0 radical (unpaired) electrons. The van der Waals surface area contributed by atoms with Crippen LogP contribution in [0.5, 0.6) is 0 Å². The molecule has 10 heteroatoms. The van der Waals surface area contributed by atoms with E-state index < -0.39 is 55.3 Å². The summed E-state index contributed by atoms with van der Waals surface area (Å²) in [6.45, 7) is -1.54. The number of hydrogen-bond donors (Lipinski definition) is 8. The van der Waals surface area contributed by atoms with E-state index in [1.165, 1.54) is 23.5 Å². The van der Waals surface area contributed by atoms with E-state index in [1.807, 2.05) is 0 Å². The Kier molecular flexibility index (Phi) is 8.37. The molecule has 0 bridgehead atoms. The number of rotatable bonds is 8. The molecule has 0 aliphatic carbocycles. The van der Waals surface area contributed by atoms with Gasteiger partial charge in [-0.2, -0.15) is 23.5 Å². The molecule has 0 aromatic carbocycles. The molecule has 0 saturated carbocycles. The van der Waals surface area contributed by atoms with Crippen molar-refractivity contribution < 1.29 is 40.9 Å². The van der Waals surface area contributed by atoms with E-state index >= 15 is 0 Å². The molecule has 0 spiro atoms. The van der Waals surface area contributed by atoms with Crippen LogP contribution >= 0.6 is 23.5 Å². The average molecular weight is 360 g/mol. The lowest BCUT2D eigenvalue weighted by atomic mass is 9.74. The molecule has 1 fully saturated rings. The highest BCUT2D eigenvalue weighted by molar-refractivity contribution is 8.16. The lowest BCUT2D eigenvalue weighted by Crippen LogP contribution is -2.62. The van der Waals surface area contributed by atoms with Crippen molar-refractivity contribution >= 4 is 23.5 Å². The smallest absolute Gasteiger partial charge is 0.109 e. The fraction of sp³-hybridized carbons (Fsp3) is 1.00. The summed E-state index contributed by atoms with van der Waals surface area (Å²) in [6, 6.07) is 0. The SMILES string of the molecule is OCC(O)C(O)C(O)C1(C(O)C(O)C(O)CO)CSCSC1. The molecule has 132 valence electrons. The Morgan fingerprint density at radius 1 is 0.727 bits per heavy atom. The Hall–Kier alpha value is 0.380. The standard InChI is InChI=1S/C12H24O8S2/c13-1-6(15)8(17)10(19)12(3-21-5-22-4-12)11(20)9(18)7(16)2-14/h6-11,13-20H,1-5H2. The van der Waals surface area contributed by atoms with E-state index in [9.17, 15) is 30.6 Å². The fourth-order valence-electron chi connectivity index (χ4n) is 2.40. The van der Waals surface area contributed by atoms with E-state index in [0.29, 0.717) is 5.08 Å². The maximum Gasteiger partial charge on any atom is 0.109 e. The Labute approximate surface area is 136 Å². The maximum atomic E-state index is 10.4. The van der Waals surface area contributed by atoms with Gasteiger partial charge in [-0.05, 0) is 0 Å². The van der Waals surface area contributed by atoms with Gasteiger partial charge in [-0.3, -0.25) is 0 Å². The van der Waals surface area contributed by atoms with Crippen LogP contribution in [-0.2, 0) is 0 Å². The first-order valence-electron chi connectivity index (χ1n) is 6.77. The minimum Gasteiger partial charge on any atom is -0.394 e. The van der Waals surface area contributed by atoms with Crippen LogP contribution in [0.3, 0.4) is 0 Å². The first-order valence-corrected chi connectivity index (χ1v) is 9.08. The third kappa shape index (κ3) is 4.26. The van der Waals surface area contributed by atoms with E-state index in [-0.39, 0.29) is 11.5 Å². The average Bonchev–Trinajstić information content (AvgIpc) is 2.57. The molecule has 1 rings (SSSR count). The summed E-state index contributed by atoms with van der Waals surface area (Å²) in [5.74, 6) is 0.347. The zero-order valence-corrected chi connectivity index (χ0v) is 13.5. The quantitative estimate of drug-likeness (QED) is 0.219. The van der Waals surface area contributed by atoms with Crippen LogP contribution in [0.15, 0.2) is 0 Å². The van der Waals surface area contributed by atoms with Crippen LogP contribution in [0.25, 0.3) is 0 Å². The molecule has 0 aromatic heterocycles. The van der Waals surface area contributed by atoms with Gasteiger partial charge in [0.2, 0.25) is 0 Å². The minimum atomic E-state index is -1.72. The molecule has 1 aliphatic rings. The molecule has 8 N–H and O–H groups in total. The van der Waals surface area contributed by atoms with Gasteiger partial charge >= 0.3 is 0 Å². The van der Waals surface area contributed by atoms with Gasteiger partial charge in [0.1, 0.15) is 24.4 Å². The first-order chi connectivity index (χ1) is 10.3. The lowest BCUT2D eigenvalue weighted by Gasteiger charge is -2.47. The maximum absolute atomic E-state index is 10.4. The molecule has 8 nitrogen and oxygen atoms in total. The van der Waals surface area contributed by atoms with Crippen LogP contribution in [-0.4, -0.2) is 107 Å². The number of aliphatic hydroxyl groups excluding tert-OH is 8. The summed E-state index contributed by atoms with van der Waals surface area (Å²) in [6.07, 6.45) is -9.92. The van der Waals surface area contributed by atoms with E-state index in [0.717, 1.165) is 0 Å². The predicted octanol–water partition coefficient (Wildman–Crippen LogP) is -3.44. The van der Waals surface area contributed by atoms with Crippen LogP contribution in [0, 0.1) is 5.41 Å². The summed E-state index contributed by atoms with van der Waals surface area (Å²) in [7, 11) is 0. The van der Waals surface area contributed by atoms with Crippen molar-refractivity contribution in [3.63, 3.8) is 0 Å². The molecule has 6 unspecified atom stereocenters. The monoisotopic (exact) mass is 360 g/mol. The molecular weight excluding hydrogens is 336 g/mol. The third-order valence-electron chi connectivity index (χ3n) is 3.90. The van der Waals surface area contributed by atoms with Crippen LogP contribution < -0.4 is 0 Å².